The average Bonchev–Trinajstić information content (AvgIpc) is 2.32. The molecule has 0 fully saturated rings. The Labute approximate surface area is 95.3 Å². The number of phenolic OH excluding ortho intramolecular Hbond substituents is 1. The lowest BCUT2D eigenvalue weighted by molar-refractivity contribution is 0.477. The van der Waals surface area contributed by atoms with Crippen LogP contribution in [0.15, 0.2) is 54.6 Å². The van der Waals surface area contributed by atoms with E-state index in [0.29, 0.717) is 5.75 Å². The van der Waals surface area contributed by atoms with E-state index in [4.69, 9.17) is 9.46 Å². The Kier molecular flexibility index (Phi) is 5.20. The largest absolute Gasteiger partial charge is 0.507 e. The fourth-order valence-corrected chi connectivity index (χ4v) is 1.34. The molecule has 2 rings (SSSR count). The molecule has 16 heavy (non-hydrogen) atoms. The molecular formula is C12H12O3P+. The van der Waals surface area contributed by atoms with Gasteiger partial charge in [-0.3, -0.25) is 0 Å². The summed E-state index contributed by atoms with van der Waals surface area (Å²) in [6.45, 7) is 0. The zero-order valence-corrected chi connectivity index (χ0v) is 9.50. The first-order valence-corrected chi connectivity index (χ1v) is 5.49. The molecule has 0 saturated heterocycles. The second-order valence-corrected chi connectivity index (χ2v) is 3.16. The molecule has 4 heteroatoms. The lowest BCUT2D eigenvalue weighted by atomic mass is 10.1. The lowest BCUT2D eigenvalue weighted by Crippen LogP contribution is -1.76. The van der Waals surface area contributed by atoms with Gasteiger partial charge in [0.2, 0.25) is 0 Å². The Morgan fingerprint density at radius 1 is 0.875 bits per heavy atom. The summed E-state index contributed by atoms with van der Waals surface area (Å²) in [5.41, 5.74) is 1.92. The van der Waals surface area contributed by atoms with Gasteiger partial charge in [0.25, 0.3) is 0 Å². The predicted molar refractivity (Wildman–Crippen MR) is 64.8 cm³/mol. The van der Waals surface area contributed by atoms with E-state index >= 15 is 0 Å². The van der Waals surface area contributed by atoms with Crippen LogP contribution in [-0.4, -0.2) is 10.00 Å². The van der Waals surface area contributed by atoms with Crippen molar-refractivity contribution < 1.29 is 14.6 Å². The summed E-state index contributed by atoms with van der Waals surface area (Å²) in [5, 5.41) is 9.56. The van der Waals surface area contributed by atoms with Gasteiger partial charge in [-0.05, 0) is 16.2 Å². The molecule has 0 aromatic heterocycles. The second kappa shape index (κ2) is 6.72. The van der Waals surface area contributed by atoms with Crippen molar-refractivity contribution in [3.63, 3.8) is 0 Å². The van der Waals surface area contributed by atoms with Crippen LogP contribution in [0.25, 0.3) is 11.1 Å². The number of phenols is 1. The third-order valence-electron chi connectivity index (χ3n) is 1.99. The maximum atomic E-state index is 9.56. The topological polar surface area (TPSA) is 57.5 Å². The number of hydrogen-bond acceptors (Lipinski definition) is 2. The Bertz CT molecular complexity index is 443. The Balaban J connectivity index is 0.000000386. The minimum Gasteiger partial charge on any atom is -0.507 e. The van der Waals surface area contributed by atoms with E-state index < -0.39 is 8.69 Å². The molecular weight excluding hydrogens is 223 g/mol. The number of para-hydroxylation sites is 1. The first-order valence-electron chi connectivity index (χ1n) is 4.64. The molecule has 3 nitrogen and oxygen atoms in total. The molecule has 2 aromatic carbocycles. The predicted octanol–water partition coefficient (Wildman–Crippen LogP) is 2.98. The van der Waals surface area contributed by atoms with Gasteiger partial charge in [-0.15, -0.1) is 0 Å². The summed E-state index contributed by atoms with van der Waals surface area (Å²) in [6, 6.07) is 17.2. The van der Waals surface area contributed by atoms with E-state index in [2.05, 4.69) is 0 Å². The van der Waals surface area contributed by atoms with E-state index in [1.54, 1.807) is 6.07 Å². The van der Waals surface area contributed by atoms with Crippen molar-refractivity contribution in [3.05, 3.63) is 54.6 Å². The highest BCUT2D eigenvalue weighted by atomic mass is 31.1. The van der Waals surface area contributed by atoms with E-state index in [9.17, 15) is 5.11 Å². The normalized spacial score (nSPS) is 9.31. The van der Waals surface area contributed by atoms with Crippen molar-refractivity contribution in [2.75, 3.05) is 0 Å². The Morgan fingerprint density at radius 3 is 1.94 bits per heavy atom. The number of rotatable bonds is 1. The Hall–Kier alpha value is -1.70. The molecule has 2 N–H and O–H groups in total. The van der Waals surface area contributed by atoms with Crippen LogP contribution in [0.2, 0.25) is 0 Å². The molecule has 0 heterocycles. The fraction of sp³-hybridized carbons (Fsp3) is 0. The molecule has 0 spiro atoms. The first kappa shape index (κ1) is 12.4. The quantitative estimate of drug-likeness (QED) is 0.747. The van der Waals surface area contributed by atoms with Gasteiger partial charge in [0.05, 0.1) is 0 Å². The zero-order chi connectivity index (χ0) is 11.8. The lowest BCUT2D eigenvalue weighted by Gasteiger charge is -2.02. The number of benzene rings is 2. The Morgan fingerprint density at radius 2 is 1.38 bits per heavy atom. The number of hydrogen-bond donors (Lipinski definition) is 2. The molecule has 0 aliphatic rings. The smallest absolute Gasteiger partial charge is 0.491 e. The van der Waals surface area contributed by atoms with Crippen LogP contribution >= 0.6 is 8.69 Å². The van der Waals surface area contributed by atoms with Crippen molar-refractivity contribution in [1.29, 1.82) is 0 Å². The van der Waals surface area contributed by atoms with Crippen LogP contribution in [0.5, 0.6) is 5.75 Å². The highest BCUT2D eigenvalue weighted by molar-refractivity contribution is 7.16. The highest BCUT2D eigenvalue weighted by Gasteiger charge is 2.00. The van der Waals surface area contributed by atoms with Gasteiger partial charge < -0.3 is 5.11 Å². The van der Waals surface area contributed by atoms with Gasteiger partial charge in [-0.1, -0.05) is 48.5 Å². The van der Waals surface area contributed by atoms with Crippen LogP contribution < -0.4 is 0 Å². The summed E-state index contributed by atoms with van der Waals surface area (Å²) in [6.07, 6.45) is 0. The zero-order valence-electron chi connectivity index (χ0n) is 8.50. The van der Waals surface area contributed by atoms with E-state index in [0.717, 1.165) is 11.1 Å². The fourth-order valence-electron chi connectivity index (χ4n) is 1.34. The molecule has 1 unspecified atom stereocenters. The molecule has 2 aromatic rings. The van der Waals surface area contributed by atoms with Gasteiger partial charge in [0, 0.05) is 5.56 Å². The third kappa shape index (κ3) is 3.46. The van der Waals surface area contributed by atoms with Gasteiger partial charge in [-0.2, -0.15) is 4.89 Å². The standard InChI is InChI=1S/C12H10O.HO2P/c13-12-9-5-4-8-11(12)10-6-2-1-3-7-10;1-3-2/h1-9,13H;3H/p+1. The second-order valence-electron chi connectivity index (χ2n) is 2.97. The third-order valence-corrected chi connectivity index (χ3v) is 1.99. The van der Waals surface area contributed by atoms with Crippen LogP contribution in [0.3, 0.4) is 0 Å². The summed E-state index contributed by atoms with van der Waals surface area (Å²) < 4.78 is 8.51. The van der Waals surface area contributed by atoms with Crippen molar-refractivity contribution in [2.24, 2.45) is 0 Å². The van der Waals surface area contributed by atoms with E-state index in [1.807, 2.05) is 48.5 Å². The molecule has 0 aliphatic heterocycles. The minimum atomic E-state index is -1.17. The minimum absolute atomic E-state index is 0.328. The van der Waals surface area contributed by atoms with Crippen LogP contribution in [0, 0.1) is 0 Å². The first-order chi connectivity index (χ1) is 7.79. The van der Waals surface area contributed by atoms with Gasteiger partial charge in [0.15, 0.2) is 0 Å². The van der Waals surface area contributed by atoms with E-state index in [-0.39, 0.29) is 0 Å². The number of aromatic hydroxyl groups is 1. The van der Waals surface area contributed by atoms with Crippen molar-refractivity contribution in [3.8, 4) is 16.9 Å². The molecule has 0 aliphatic carbocycles. The van der Waals surface area contributed by atoms with Crippen molar-refractivity contribution in [1.82, 2.24) is 0 Å². The summed E-state index contributed by atoms with van der Waals surface area (Å²) >= 11 is 0. The molecule has 1 atom stereocenters. The van der Waals surface area contributed by atoms with Gasteiger partial charge in [0.1, 0.15) is 5.75 Å². The maximum Gasteiger partial charge on any atom is 0.491 e. The van der Waals surface area contributed by atoms with Crippen LogP contribution in [0.4, 0.5) is 0 Å². The van der Waals surface area contributed by atoms with Crippen LogP contribution in [-0.2, 0) is 4.57 Å². The van der Waals surface area contributed by atoms with E-state index in [1.165, 1.54) is 0 Å². The van der Waals surface area contributed by atoms with Gasteiger partial charge >= 0.3 is 8.69 Å². The molecule has 82 valence electrons. The maximum absolute atomic E-state index is 9.56. The monoisotopic (exact) mass is 235 g/mol. The highest BCUT2D eigenvalue weighted by Crippen LogP contribution is 2.27. The van der Waals surface area contributed by atoms with Crippen molar-refractivity contribution in [2.45, 2.75) is 0 Å². The summed E-state index contributed by atoms with van der Waals surface area (Å²) in [7, 11) is -1.17. The van der Waals surface area contributed by atoms with Crippen LogP contribution in [0.1, 0.15) is 0 Å². The molecule has 0 amide bonds. The SMILES string of the molecule is O=[PH+]O.Oc1ccccc1-c1ccccc1. The van der Waals surface area contributed by atoms with Gasteiger partial charge in [-0.25, -0.2) is 0 Å². The molecule has 0 bridgehead atoms. The molecule has 0 radical (unpaired) electrons. The summed E-state index contributed by atoms with van der Waals surface area (Å²) in [4.78, 5) is 7.04. The van der Waals surface area contributed by atoms with Crippen molar-refractivity contribution >= 4 is 8.69 Å². The average molecular weight is 235 g/mol. The summed E-state index contributed by atoms with van der Waals surface area (Å²) in [5.74, 6) is 0.328. The molecule has 0 saturated carbocycles.